The molecule has 5 rings (SSSR count). The van der Waals surface area contributed by atoms with Crippen molar-refractivity contribution >= 4 is 11.8 Å². The van der Waals surface area contributed by atoms with Gasteiger partial charge in [-0.05, 0) is 43.0 Å². The van der Waals surface area contributed by atoms with Crippen LogP contribution in [0.4, 0.5) is 4.39 Å². The first-order valence-electron chi connectivity index (χ1n) is 13.6. The lowest BCUT2D eigenvalue weighted by molar-refractivity contribution is -0.132. The van der Waals surface area contributed by atoms with Crippen LogP contribution in [0.1, 0.15) is 39.2 Å². The highest BCUT2D eigenvalue weighted by molar-refractivity contribution is 5.82. The van der Waals surface area contributed by atoms with E-state index in [2.05, 4.69) is 48.2 Å². The van der Waals surface area contributed by atoms with E-state index in [0.29, 0.717) is 38.0 Å². The monoisotopic (exact) mass is 509 g/mol. The highest BCUT2D eigenvalue weighted by atomic mass is 19.1. The SMILES string of the molecule is C[C@@H]1CN(CC(=O)N2CC(C)(C)C3=CN(C)C(Cc4ccccc4F)C=C32)[C@@H](CN2CCCC2=O)CN1. The first kappa shape index (κ1) is 25.9. The number of fused-ring (bicyclic) bond motifs is 1. The zero-order valence-electron chi connectivity index (χ0n) is 22.5. The van der Waals surface area contributed by atoms with Gasteiger partial charge in [0.1, 0.15) is 5.82 Å². The van der Waals surface area contributed by atoms with Crippen LogP contribution in [0.3, 0.4) is 0 Å². The highest BCUT2D eigenvalue weighted by Gasteiger charge is 2.44. The van der Waals surface area contributed by atoms with Crippen LogP contribution in [0.5, 0.6) is 0 Å². The molecule has 0 spiro atoms. The number of amides is 2. The molecule has 0 aromatic heterocycles. The number of hydrogen-bond donors (Lipinski definition) is 1. The van der Waals surface area contributed by atoms with E-state index < -0.39 is 0 Å². The number of carbonyl (C=O) groups excluding carboxylic acids is 2. The quantitative estimate of drug-likeness (QED) is 0.639. The van der Waals surface area contributed by atoms with Gasteiger partial charge in [0.05, 0.1) is 12.6 Å². The molecule has 0 aliphatic carbocycles. The molecule has 1 aromatic rings. The lowest BCUT2D eigenvalue weighted by Crippen LogP contribution is -2.60. The minimum atomic E-state index is -0.195. The Balaban J connectivity index is 1.34. The molecule has 0 bridgehead atoms. The molecule has 4 heterocycles. The summed E-state index contributed by atoms with van der Waals surface area (Å²) < 4.78 is 14.4. The predicted molar refractivity (Wildman–Crippen MR) is 142 cm³/mol. The van der Waals surface area contributed by atoms with E-state index >= 15 is 0 Å². The average Bonchev–Trinajstić information content (AvgIpc) is 3.37. The highest BCUT2D eigenvalue weighted by Crippen LogP contribution is 2.44. The summed E-state index contributed by atoms with van der Waals surface area (Å²) in [5.41, 5.74) is 2.62. The van der Waals surface area contributed by atoms with Crippen molar-refractivity contribution in [2.45, 2.75) is 58.2 Å². The van der Waals surface area contributed by atoms with E-state index in [1.165, 1.54) is 6.07 Å². The zero-order valence-corrected chi connectivity index (χ0v) is 22.5. The molecule has 2 amide bonds. The van der Waals surface area contributed by atoms with Gasteiger partial charge in [0.15, 0.2) is 0 Å². The van der Waals surface area contributed by atoms with Crippen LogP contribution >= 0.6 is 0 Å². The van der Waals surface area contributed by atoms with E-state index in [9.17, 15) is 14.0 Å². The molecule has 200 valence electrons. The number of halogens is 1. The fourth-order valence-corrected chi connectivity index (χ4v) is 6.21. The number of nitrogens with zero attached hydrogens (tertiary/aromatic N) is 4. The summed E-state index contributed by atoms with van der Waals surface area (Å²) in [5.74, 6) is 0.112. The first-order chi connectivity index (χ1) is 17.6. The van der Waals surface area contributed by atoms with Gasteiger partial charge < -0.3 is 20.0 Å². The van der Waals surface area contributed by atoms with Gasteiger partial charge >= 0.3 is 0 Å². The van der Waals surface area contributed by atoms with Gasteiger partial charge in [-0.3, -0.25) is 14.5 Å². The van der Waals surface area contributed by atoms with Crippen molar-refractivity contribution in [2.75, 3.05) is 46.3 Å². The van der Waals surface area contributed by atoms with Gasteiger partial charge in [-0.1, -0.05) is 32.0 Å². The van der Waals surface area contributed by atoms with Gasteiger partial charge in [0.2, 0.25) is 11.8 Å². The van der Waals surface area contributed by atoms with E-state index in [-0.39, 0.29) is 41.2 Å². The Morgan fingerprint density at radius 3 is 2.76 bits per heavy atom. The van der Waals surface area contributed by atoms with Crippen molar-refractivity contribution in [1.29, 1.82) is 0 Å². The van der Waals surface area contributed by atoms with Crippen LogP contribution in [0.15, 0.2) is 47.8 Å². The van der Waals surface area contributed by atoms with E-state index in [4.69, 9.17) is 0 Å². The van der Waals surface area contributed by atoms with Crippen LogP contribution in [-0.2, 0) is 16.0 Å². The molecular weight excluding hydrogens is 469 g/mol. The summed E-state index contributed by atoms with van der Waals surface area (Å²) in [5, 5.41) is 3.53. The summed E-state index contributed by atoms with van der Waals surface area (Å²) >= 11 is 0. The summed E-state index contributed by atoms with van der Waals surface area (Å²) in [7, 11) is 2.03. The molecule has 3 saturated heterocycles. The average molecular weight is 510 g/mol. The maximum atomic E-state index is 14.4. The Kier molecular flexibility index (Phi) is 7.16. The summed E-state index contributed by atoms with van der Waals surface area (Å²) in [6.07, 6.45) is 6.38. The van der Waals surface area contributed by atoms with Crippen molar-refractivity contribution in [1.82, 2.24) is 24.9 Å². The molecule has 4 aliphatic heterocycles. The number of hydrogen-bond acceptors (Lipinski definition) is 5. The number of likely N-dealkylation sites (N-methyl/N-ethyl adjacent to an activating group) is 1. The summed E-state index contributed by atoms with van der Waals surface area (Å²) in [6, 6.07) is 7.28. The first-order valence-corrected chi connectivity index (χ1v) is 13.6. The fourth-order valence-electron chi connectivity index (χ4n) is 6.21. The van der Waals surface area contributed by atoms with E-state index in [1.54, 1.807) is 6.07 Å². The molecule has 37 heavy (non-hydrogen) atoms. The van der Waals surface area contributed by atoms with Crippen LogP contribution in [0.25, 0.3) is 0 Å². The third kappa shape index (κ3) is 5.32. The third-order valence-corrected chi connectivity index (χ3v) is 8.41. The van der Waals surface area contributed by atoms with Gasteiger partial charge in [-0.2, -0.15) is 0 Å². The molecule has 4 aliphatic rings. The largest absolute Gasteiger partial charge is 0.373 e. The normalized spacial score (nSPS) is 27.9. The summed E-state index contributed by atoms with van der Waals surface area (Å²) in [6.45, 7) is 10.5. The number of likely N-dealkylation sites (tertiary alicyclic amines) is 2. The minimum absolute atomic E-state index is 0.0343. The second kappa shape index (κ2) is 10.2. The zero-order chi connectivity index (χ0) is 26.3. The maximum absolute atomic E-state index is 14.4. The molecule has 1 aromatic carbocycles. The fraction of sp³-hybridized carbons (Fsp3) is 0.586. The van der Waals surface area contributed by atoms with Crippen LogP contribution < -0.4 is 5.32 Å². The Labute approximate surface area is 220 Å². The Morgan fingerprint density at radius 1 is 1.24 bits per heavy atom. The van der Waals surface area contributed by atoms with Crippen molar-refractivity contribution in [3.63, 3.8) is 0 Å². The topological polar surface area (TPSA) is 59.1 Å². The Bertz CT molecular complexity index is 1120. The Hall–Kier alpha value is -2.71. The van der Waals surface area contributed by atoms with Crippen molar-refractivity contribution < 1.29 is 14.0 Å². The molecule has 0 saturated carbocycles. The number of piperazine rings is 1. The molecule has 7 nitrogen and oxygen atoms in total. The lowest BCUT2D eigenvalue weighted by Gasteiger charge is -2.41. The van der Waals surface area contributed by atoms with Crippen LogP contribution in [0, 0.1) is 11.2 Å². The van der Waals surface area contributed by atoms with Gasteiger partial charge in [-0.15, -0.1) is 0 Å². The van der Waals surface area contributed by atoms with Crippen molar-refractivity contribution in [2.24, 2.45) is 5.41 Å². The minimum Gasteiger partial charge on any atom is -0.373 e. The smallest absolute Gasteiger partial charge is 0.241 e. The molecule has 3 atom stereocenters. The molecule has 8 heteroatoms. The number of carbonyl (C=O) groups is 2. The summed E-state index contributed by atoms with van der Waals surface area (Å²) in [4.78, 5) is 34.4. The number of benzene rings is 1. The second-order valence-corrected chi connectivity index (χ2v) is 11.8. The molecule has 1 unspecified atom stereocenters. The number of rotatable bonds is 6. The molecule has 0 radical (unpaired) electrons. The number of allylic oxidation sites excluding steroid dienone is 1. The second-order valence-electron chi connectivity index (χ2n) is 11.8. The molecule has 1 N–H and O–H groups in total. The lowest BCUT2D eigenvalue weighted by atomic mass is 9.84. The third-order valence-electron chi connectivity index (χ3n) is 8.41. The Morgan fingerprint density at radius 2 is 2.03 bits per heavy atom. The van der Waals surface area contributed by atoms with Crippen LogP contribution in [-0.4, -0.2) is 95.9 Å². The van der Waals surface area contributed by atoms with Crippen LogP contribution in [0.2, 0.25) is 0 Å². The van der Waals surface area contributed by atoms with Crippen molar-refractivity contribution in [3.8, 4) is 0 Å². The standard InChI is InChI=1S/C29H40FN5O2/c1-20-15-34(23(14-31-20)16-33-11-7-10-27(33)36)18-28(37)35-19-29(2,3)24-17-32(4)22(13-26(24)35)12-21-8-5-6-9-25(21)30/h5-6,8-9,13,17,20,22-23,31H,7,10-12,14-16,18-19H2,1-4H3/t20-,22?,23-/m1/s1. The molecular formula is C29H40FN5O2. The van der Waals surface area contributed by atoms with Gasteiger partial charge in [0, 0.05) is 75.6 Å². The van der Waals surface area contributed by atoms with E-state index in [1.807, 2.05) is 29.0 Å². The predicted octanol–water partition coefficient (Wildman–Crippen LogP) is 2.60. The van der Waals surface area contributed by atoms with Crippen molar-refractivity contribution in [3.05, 3.63) is 59.2 Å². The number of nitrogens with one attached hydrogen (secondary N) is 1. The van der Waals surface area contributed by atoms with Gasteiger partial charge in [-0.25, -0.2) is 4.39 Å². The van der Waals surface area contributed by atoms with Gasteiger partial charge in [0.25, 0.3) is 0 Å². The molecule has 3 fully saturated rings. The van der Waals surface area contributed by atoms with E-state index in [0.717, 1.165) is 37.3 Å². The maximum Gasteiger partial charge on any atom is 0.241 e.